The summed E-state index contributed by atoms with van der Waals surface area (Å²) in [6.45, 7) is 3.41. The maximum absolute atomic E-state index is 11.3. The van der Waals surface area contributed by atoms with Crippen LogP contribution in [0.4, 0.5) is 4.79 Å². The van der Waals surface area contributed by atoms with E-state index in [-0.39, 0.29) is 13.2 Å². The van der Waals surface area contributed by atoms with Crippen molar-refractivity contribution in [1.82, 2.24) is 0 Å². The predicted octanol–water partition coefficient (Wildman–Crippen LogP) is 0.0166. The Morgan fingerprint density at radius 2 is 1.44 bits per heavy atom. The van der Waals surface area contributed by atoms with Crippen molar-refractivity contribution in [3.63, 3.8) is 0 Å². The minimum atomic E-state index is -1.38. The maximum Gasteiger partial charge on any atom is 0.510 e. The molecule has 7 nitrogen and oxygen atoms in total. The first-order valence-corrected chi connectivity index (χ1v) is 4.80. The van der Waals surface area contributed by atoms with Crippen LogP contribution in [0.1, 0.15) is 13.8 Å². The van der Waals surface area contributed by atoms with E-state index in [9.17, 15) is 14.4 Å². The van der Waals surface area contributed by atoms with Gasteiger partial charge >= 0.3 is 18.1 Å². The molecule has 1 heterocycles. The number of rotatable bonds is 4. The average molecular weight is 232 g/mol. The highest BCUT2D eigenvalue weighted by molar-refractivity contribution is 5.90. The lowest BCUT2D eigenvalue weighted by molar-refractivity contribution is -0.163. The van der Waals surface area contributed by atoms with Gasteiger partial charge in [-0.25, -0.2) is 14.4 Å². The lowest BCUT2D eigenvalue weighted by Crippen LogP contribution is -2.39. The molecule has 1 saturated heterocycles. The number of esters is 2. The summed E-state index contributed by atoms with van der Waals surface area (Å²) in [5, 5.41) is 0. The molecular formula is C9H12O7. The van der Waals surface area contributed by atoms with Crippen LogP contribution >= 0.6 is 0 Å². The molecule has 0 N–H and O–H groups in total. The van der Waals surface area contributed by atoms with Crippen LogP contribution in [0.3, 0.4) is 0 Å². The fourth-order valence-corrected chi connectivity index (χ4v) is 1.15. The molecule has 0 amide bonds. The van der Waals surface area contributed by atoms with E-state index in [1.165, 1.54) is 0 Å². The number of carbonyl (C=O) groups excluding carboxylic acids is 3. The molecule has 16 heavy (non-hydrogen) atoms. The van der Waals surface area contributed by atoms with Crippen molar-refractivity contribution < 1.29 is 33.3 Å². The molecule has 0 aromatic carbocycles. The van der Waals surface area contributed by atoms with Crippen LogP contribution in [0.25, 0.3) is 0 Å². The van der Waals surface area contributed by atoms with E-state index in [0.717, 1.165) is 0 Å². The predicted molar refractivity (Wildman–Crippen MR) is 48.4 cm³/mol. The first kappa shape index (κ1) is 12.3. The van der Waals surface area contributed by atoms with Gasteiger partial charge in [0, 0.05) is 0 Å². The Labute approximate surface area is 91.6 Å². The lowest BCUT2D eigenvalue weighted by Gasteiger charge is -2.12. The fourth-order valence-electron chi connectivity index (χ4n) is 1.15. The molecule has 0 unspecified atom stereocenters. The Bertz CT molecular complexity index is 270. The van der Waals surface area contributed by atoms with Crippen LogP contribution in [0.15, 0.2) is 0 Å². The molecular weight excluding hydrogens is 220 g/mol. The average Bonchev–Trinajstić information content (AvgIpc) is 2.61. The summed E-state index contributed by atoms with van der Waals surface area (Å²) in [6.07, 6.45) is -3.85. The molecule has 90 valence electrons. The van der Waals surface area contributed by atoms with Crippen molar-refractivity contribution in [3.8, 4) is 0 Å². The number of hydrogen-bond acceptors (Lipinski definition) is 7. The fraction of sp³-hybridized carbons (Fsp3) is 0.667. The van der Waals surface area contributed by atoms with E-state index in [2.05, 4.69) is 18.9 Å². The second-order valence-corrected chi connectivity index (χ2v) is 2.83. The Hall–Kier alpha value is -1.79. The Morgan fingerprint density at radius 3 is 1.75 bits per heavy atom. The summed E-state index contributed by atoms with van der Waals surface area (Å²) in [5.74, 6) is -1.65. The molecule has 0 bridgehead atoms. The van der Waals surface area contributed by atoms with Gasteiger partial charge in [0.25, 0.3) is 0 Å². The van der Waals surface area contributed by atoms with Crippen LogP contribution in [-0.2, 0) is 28.5 Å². The third-order valence-corrected chi connectivity index (χ3v) is 1.76. The highest BCUT2D eigenvalue weighted by Gasteiger charge is 2.48. The van der Waals surface area contributed by atoms with Gasteiger partial charge in [-0.15, -0.1) is 0 Å². The van der Waals surface area contributed by atoms with E-state index >= 15 is 0 Å². The van der Waals surface area contributed by atoms with Crippen LogP contribution in [0, 0.1) is 0 Å². The van der Waals surface area contributed by atoms with E-state index in [1.54, 1.807) is 13.8 Å². The van der Waals surface area contributed by atoms with Gasteiger partial charge in [0.1, 0.15) is 0 Å². The molecule has 1 rings (SSSR count). The minimum Gasteiger partial charge on any atom is -0.463 e. The van der Waals surface area contributed by atoms with Crippen molar-refractivity contribution >= 4 is 18.1 Å². The quantitative estimate of drug-likeness (QED) is 0.498. The summed E-state index contributed by atoms with van der Waals surface area (Å²) in [5.41, 5.74) is 0. The molecule has 2 atom stereocenters. The van der Waals surface area contributed by atoms with Gasteiger partial charge in [0.05, 0.1) is 13.2 Å². The Kier molecular flexibility index (Phi) is 4.10. The molecule has 0 aliphatic carbocycles. The second kappa shape index (κ2) is 5.34. The van der Waals surface area contributed by atoms with E-state index < -0.39 is 30.3 Å². The molecule has 0 saturated carbocycles. The van der Waals surface area contributed by atoms with Crippen LogP contribution in [-0.4, -0.2) is 43.5 Å². The van der Waals surface area contributed by atoms with Crippen molar-refractivity contribution in [1.29, 1.82) is 0 Å². The summed E-state index contributed by atoms with van der Waals surface area (Å²) in [6, 6.07) is 0. The van der Waals surface area contributed by atoms with Gasteiger partial charge in [-0.05, 0) is 13.8 Å². The van der Waals surface area contributed by atoms with Crippen LogP contribution in [0.5, 0.6) is 0 Å². The summed E-state index contributed by atoms with van der Waals surface area (Å²) < 4.78 is 18.3. The monoisotopic (exact) mass is 232 g/mol. The highest BCUT2D eigenvalue weighted by atomic mass is 16.8. The summed E-state index contributed by atoms with van der Waals surface area (Å²) >= 11 is 0. The second-order valence-electron chi connectivity index (χ2n) is 2.83. The Morgan fingerprint density at radius 1 is 1.06 bits per heavy atom. The first-order chi connectivity index (χ1) is 7.60. The molecule has 0 spiro atoms. The van der Waals surface area contributed by atoms with Gasteiger partial charge in [-0.3, -0.25) is 0 Å². The van der Waals surface area contributed by atoms with Gasteiger partial charge in [0.2, 0.25) is 12.2 Å². The number of hydrogen-bond donors (Lipinski definition) is 0. The summed E-state index contributed by atoms with van der Waals surface area (Å²) in [4.78, 5) is 33.5. The highest BCUT2D eigenvalue weighted by Crippen LogP contribution is 2.18. The number of ether oxygens (including phenoxy) is 4. The van der Waals surface area contributed by atoms with Gasteiger partial charge < -0.3 is 18.9 Å². The molecule has 0 radical (unpaired) electrons. The normalized spacial score (nSPS) is 23.2. The van der Waals surface area contributed by atoms with Crippen LogP contribution in [0.2, 0.25) is 0 Å². The van der Waals surface area contributed by atoms with E-state index in [4.69, 9.17) is 0 Å². The van der Waals surface area contributed by atoms with Crippen molar-refractivity contribution in [2.45, 2.75) is 26.1 Å². The number of carbonyl (C=O) groups is 3. The third-order valence-electron chi connectivity index (χ3n) is 1.76. The summed E-state index contributed by atoms with van der Waals surface area (Å²) in [7, 11) is 0. The smallest absolute Gasteiger partial charge is 0.463 e. The molecule has 7 heteroatoms. The zero-order valence-corrected chi connectivity index (χ0v) is 8.93. The maximum atomic E-state index is 11.3. The molecule has 1 aliphatic heterocycles. The van der Waals surface area contributed by atoms with Gasteiger partial charge in [0.15, 0.2) is 0 Å². The molecule has 0 aromatic rings. The molecule has 1 fully saturated rings. The molecule has 0 aromatic heterocycles. The molecule has 1 aliphatic rings. The van der Waals surface area contributed by atoms with E-state index in [0.29, 0.717) is 0 Å². The largest absolute Gasteiger partial charge is 0.510 e. The first-order valence-electron chi connectivity index (χ1n) is 4.80. The SMILES string of the molecule is CCOC(=O)[C@H]1OC(=O)O[C@H]1C(=O)OCC. The van der Waals surface area contributed by atoms with Gasteiger partial charge in [-0.1, -0.05) is 0 Å². The van der Waals surface area contributed by atoms with Crippen molar-refractivity contribution in [3.05, 3.63) is 0 Å². The standard InChI is InChI=1S/C9H12O7/c1-3-13-7(10)5-6(8(11)14-4-2)16-9(12)15-5/h5-6H,3-4H2,1-2H3/t5-,6+. The van der Waals surface area contributed by atoms with E-state index in [1.807, 2.05) is 0 Å². The topological polar surface area (TPSA) is 88.1 Å². The van der Waals surface area contributed by atoms with Crippen LogP contribution < -0.4 is 0 Å². The van der Waals surface area contributed by atoms with Crippen molar-refractivity contribution in [2.24, 2.45) is 0 Å². The number of cyclic esters (lactones) is 2. The van der Waals surface area contributed by atoms with Gasteiger partial charge in [-0.2, -0.15) is 0 Å². The zero-order valence-electron chi connectivity index (χ0n) is 8.93. The Balaban J connectivity index is 2.69. The zero-order chi connectivity index (χ0) is 12.1. The minimum absolute atomic E-state index is 0.114. The third kappa shape index (κ3) is 2.62. The lowest BCUT2D eigenvalue weighted by atomic mass is 10.2. The van der Waals surface area contributed by atoms with Crippen molar-refractivity contribution in [2.75, 3.05) is 13.2 Å².